The average molecular weight is 1420 g/mol. The topological polar surface area (TPSA) is 277 Å². The number of methoxy groups -OCH3 is 1. The molecule has 1 saturated heterocycles. The summed E-state index contributed by atoms with van der Waals surface area (Å²) >= 11 is 3.77. The fourth-order valence-corrected chi connectivity index (χ4v) is 14.2. The number of carbonyl (C=O) groups excluding carboxylic acids is 10. The number of unbranched alkanes of at least 4 members (excludes halogenated alkanes) is 12. The molecule has 1 heterocycles. The molecule has 4 rings (SSSR count). The molecule has 2 aliphatic rings. The summed E-state index contributed by atoms with van der Waals surface area (Å²) in [6, 6.07) is 10.2. The first-order chi connectivity index (χ1) is 47.1. The third kappa shape index (κ3) is 32.6. The van der Waals surface area contributed by atoms with Gasteiger partial charge in [0, 0.05) is 36.1 Å². The van der Waals surface area contributed by atoms with Crippen LogP contribution < -0.4 is 37.2 Å². The molecular formula is C75H114N8O12S3. The van der Waals surface area contributed by atoms with E-state index in [-0.39, 0.29) is 60.9 Å². The largest absolute Gasteiger partial charge is 0.468 e. The Morgan fingerprint density at radius 1 is 0.612 bits per heavy atom. The maximum absolute atomic E-state index is 14.5. The molecule has 0 aromatic heterocycles. The number of carbonyl (C=O) groups is 10. The third-order valence-electron chi connectivity index (χ3n) is 17.4. The molecule has 20 nitrogen and oxygen atoms in total. The zero-order chi connectivity index (χ0) is 71.6. The minimum Gasteiger partial charge on any atom is -0.468 e. The Hall–Kier alpha value is -6.59. The van der Waals surface area contributed by atoms with Gasteiger partial charge in [0.25, 0.3) is 0 Å². The van der Waals surface area contributed by atoms with Crippen LogP contribution in [0, 0.1) is 5.92 Å². The van der Waals surface area contributed by atoms with Crippen LogP contribution in [0.5, 0.6) is 0 Å². The Kier molecular flexibility index (Phi) is 41.3. The summed E-state index contributed by atoms with van der Waals surface area (Å²) in [6.45, 7) is 13.1. The van der Waals surface area contributed by atoms with Gasteiger partial charge < -0.3 is 51.6 Å². The van der Waals surface area contributed by atoms with Gasteiger partial charge in [0.1, 0.15) is 49.9 Å². The van der Waals surface area contributed by atoms with E-state index in [1.807, 2.05) is 68.6 Å². The summed E-state index contributed by atoms with van der Waals surface area (Å²) < 4.78 is 10.4. The first-order valence-corrected chi connectivity index (χ1v) is 39.1. The Labute approximate surface area is 596 Å². The molecule has 544 valence electrons. The predicted octanol–water partition coefficient (Wildman–Crippen LogP) is 11.6. The number of nitrogens with zero attached hydrogens (tertiary/aromatic N) is 1. The molecule has 23 heteroatoms. The third-order valence-corrected chi connectivity index (χ3v) is 20.0. The van der Waals surface area contributed by atoms with Crippen molar-refractivity contribution in [1.29, 1.82) is 0 Å². The number of nitrogens with one attached hydrogen (secondary N) is 7. The minimum absolute atomic E-state index is 0.0179. The second kappa shape index (κ2) is 48.2. The van der Waals surface area contributed by atoms with Gasteiger partial charge in [0.15, 0.2) is 5.12 Å². The van der Waals surface area contributed by atoms with Crippen LogP contribution in [0.1, 0.15) is 207 Å². The number of alkyl carbamates (subject to hydrolysis) is 1. The lowest BCUT2D eigenvalue weighted by atomic mass is 9.98. The van der Waals surface area contributed by atoms with Crippen molar-refractivity contribution in [2.75, 3.05) is 69.2 Å². The highest BCUT2D eigenvalue weighted by molar-refractivity contribution is 8.13. The molecule has 0 unspecified atom stereocenters. The fourth-order valence-electron chi connectivity index (χ4n) is 11.8. The van der Waals surface area contributed by atoms with Crippen molar-refractivity contribution in [3.63, 3.8) is 0 Å². The van der Waals surface area contributed by atoms with Crippen LogP contribution in [0.15, 0.2) is 83.5 Å². The van der Waals surface area contributed by atoms with E-state index >= 15 is 0 Å². The van der Waals surface area contributed by atoms with E-state index < -0.39 is 103 Å². The van der Waals surface area contributed by atoms with E-state index in [0.29, 0.717) is 30.8 Å². The number of likely N-dealkylation sites (tertiary alicyclic amines) is 1. The standard InChI is InChI=1S/C75H114N8O12S3/c1-10-11-12-13-14-15-16-17-18-19-20-21-22-39-69(87)98-51-64(80-67(85)47-78-75(93)95-49-60-58-36-25-23-34-56(58)57-35-24-26-37-59(57)60)72(90)81-61(41-43-96-9)70(88)76-46-66(84)79-62(45-53(4)5)74(92)83-42-29-38-65(83)73(91)82-63(71(89)77-48-68(86)94-8)50-97-44-40-55(7)33-28-32-54(6)31-27-30-52(2)3/h23-26,30,32,34-37,40,53,60-65H,10-22,27-29,31,33,38-39,41-51H2,1-9H3,(H,76,88)(H,77,89)(H,78,93)(H,79,84)(H,80,85)(H,81,90)(H,82,91)/b54-32+,55-40+/t61-,62-,63-,64-,65-/m0/s1. The van der Waals surface area contributed by atoms with Gasteiger partial charge in [-0.25, -0.2) is 4.79 Å². The lowest BCUT2D eigenvalue weighted by Crippen LogP contribution is -2.58. The van der Waals surface area contributed by atoms with Gasteiger partial charge in [-0.1, -0.05) is 193 Å². The van der Waals surface area contributed by atoms with Crippen LogP contribution in [0.25, 0.3) is 11.1 Å². The number of rotatable bonds is 48. The summed E-state index contributed by atoms with van der Waals surface area (Å²) in [5.41, 5.74) is 8.00. The number of hydrogen-bond acceptors (Lipinski definition) is 15. The molecule has 2 aromatic rings. The molecule has 7 N–H and O–H groups in total. The molecule has 5 atom stereocenters. The molecule has 0 spiro atoms. The molecule has 0 bridgehead atoms. The van der Waals surface area contributed by atoms with Crippen LogP contribution in [0.2, 0.25) is 0 Å². The first kappa shape index (κ1) is 83.8. The molecule has 1 aliphatic carbocycles. The van der Waals surface area contributed by atoms with Crippen molar-refractivity contribution in [1.82, 2.24) is 42.1 Å². The molecule has 2 aromatic carbocycles. The van der Waals surface area contributed by atoms with Gasteiger partial charge in [0.05, 0.1) is 13.7 Å². The summed E-state index contributed by atoms with van der Waals surface area (Å²) in [5, 5.41) is 18.5. The monoisotopic (exact) mass is 1410 g/mol. The van der Waals surface area contributed by atoms with E-state index in [4.69, 9.17) is 9.47 Å². The molecule has 0 saturated carbocycles. The van der Waals surface area contributed by atoms with Gasteiger partial charge in [-0.3, -0.25) is 43.2 Å². The summed E-state index contributed by atoms with van der Waals surface area (Å²) in [6.07, 6.45) is 27.9. The first-order valence-electron chi connectivity index (χ1n) is 35.5. The van der Waals surface area contributed by atoms with Crippen molar-refractivity contribution in [2.45, 2.75) is 226 Å². The van der Waals surface area contributed by atoms with Gasteiger partial charge >= 0.3 is 12.1 Å². The van der Waals surface area contributed by atoms with Gasteiger partial charge in [0.2, 0.25) is 41.4 Å². The molecular weight excluding hydrogens is 1300 g/mol. The minimum atomic E-state index is -1.32. The Balaban J connectivity index is 1.37. The lowest BCUT2D eigenvalue weighted by Gasteiger charge is -2.30. The maximum Gasteiger partial charge on any atom is 0.407 e. The van der Waals surface area contributed by atoms with Crippen LogP contribution in [0.3, 0.4) is 0 Å². The van der Waals surface area contributed by atoms with Crippen molar-refractivity contribution in [3.8, 4) is 11.1 Å². The number of amides is 8. The highest BCUT2D eigenvalue weighted by Crippen LogP contribution is 2.44. The number of benzene rings is 2. The SMILES string of the molecule is CCCCCCCCCCCCCCCC(=O)SC[C@H](NC(=O)CNC(=O)OCC1c2ccccc2-c2ccccc21)C(=O)N[C@@H](CCSC)C(=O)NCC(=O)N[C@@H](CC(C)C)C(=O)N1CCC[C@H]1C(=O)N[C@@H](CSC/C=C(\C)CC/C=C(\C)CCC=C(C)C)C(=O)NCC(=O)OC. The van der Waals surface area contributed by atoms with Crippen LogP contribution in [-0.4, -0.2) is 163 Å². The number of esters is 1. The van der Waals surface area contributed by atoms with Crippen LogP contribution >= 0.6 is 35.3 Å². The number of ether oxygens (including phenoxy) is 2. The number of hydrogen-bond donors (Lipinski definition) is 7. The van der Waals surface area contributed by atoms with Crippen molar-refractivity contribution in [3.05, 3.63) is 94.6 Å². The quantitative estimate of drug-likeness (QED) is 0.0184. The highest BCUT2D eigenvalue weighted by atomic mass is 32.2. The lowest BCUT2D eigenvalue weighted by molar-refractivity contribution is -0.143. The van der Waals surface area contributed by atoms with Crippen molar-refractivity contribution in [2.24, 2.45) is 5.92 Å². The number of thioether (sulfide) groups is 3. The molecule has 98 heavy (non-hydrogen) atoms. The summed E-state index contributed by atoms with van der Waals surface area (Å²) in [7, 11) is 1.21. The molecule has 8 amide bonds. The number of allylic oxidation sites excluding steroid dienone is 5. The second-order valence-electron chi connectivity index (χ2n) is 26.3. The van der Waals surface area contributed by atoms with Gasteiger partial charge in [-0.15, -0.1) is 0 Å². The fraction of sp³-hybridized carbons (Fsp3) is 0.627. The Morgan fingerprint density at radius 3 is 1.77 bits per heavy atom. The normalized spacial score (nSPS) is 14.8. The van der Waals surface area contributed by atoms with Crippen molar-refractivity contribution < 1.29 is 57.4 Å². The predicted molar refractivity (Wildman–Crippen MR) is 397 cm³/mol. The smallest absolute Gasteiger partial charge is 0.407 e. The maximum atomic E-state index is 14.5. The van der Waals surface area contributed by atoms with E-state index in [9.17, 15) is 47.9 Å². The van der Waals surface area contributed by atoms with Gasteiger partial charge in [-0.05, 0) is 126 Å². The molecule has 1 fully saturated rings. The van der Waals surface area contributed by atoms with E-state index in [0.717, 1.165) is 79.0 Å². The van der Waals surface area contributed by atoms with E-state index in [2.05, 4.69) is 90.1 Å². The number of fused-ring (bicyclic) bond motifs is 3. The average Bonchev–Trinajstić information content (AvgIpc) is 1.62. The van der Waals surface area contributed by atoms with E-state index in [1.54, 1.807) is 0 Å². The van der Waals surface area contributed by atoms with Crippen LogP contribution in [-0.2, 0) is 52.6 Å². The molecule has 0 radical (unpaired) electrons. The van der Waals surface area contributed by atoms with Crippen molar-refractivity contribution >= 4 is 93.8 Å². The second-order valence-corrected chi connectivity index (χ2v) is 29.5. The summed E-state index contributed by atoms with van der Waals surface area (Å²) in [5.74, 6) is -4.54. The Morgan fingerprint density at radius 2 is 1.16 bits per heavy atom. The summed E-state index contributed by atoms with van der Waals surface area (Å²) in [4.78, 5) is 138. The van der Waals surface area contributed by atoms with Crippen LogP contribution in [0.4, 0.5) is 4.79 Å². The zero-order valence-electron chi connectivity index (χ0n) is 59.9. The zero-order valence-corrected chi connectivity index (χ0v) is 62.3. The molecule has 1 aliphatic heterocycles. The van der Waals surface area contributed by atoms with E-state index in [1.165, 1.54) is 110 Å². The highest BCUT2D eigenvalue weighted by Gasteiger charge is 2.40. The Bertz CT molecular complexity index is 2930. The van der Waals surface area contributed by atoms with Gasteiger partial charge in [-0.2, -0.15) is 23.5 Å².